The van der Waals surface area contributed by atoms with Crippen LogP contribution in [0.2, 0.25) is 0 Å². The minimum Gasteiger partial charge on any atom is -0.481 e. The van der Waals surface area contributed by atoms with Crippen LogP contribution in [0.1, 0.15) is 25.0 Å². The summed E-state index contributed by atoms with van der Waals surface area (Å²) in [6, 6.07) is 9.23. The quantitative estimate of drug-likeness (QED) is 0.511. The number of hydrogen-bond acceptors (Lipinski definition) is 7. The Hall–Kier alpha value is -3.27. The summed E-state index contributed by atoms with van der Waals surface area (Å²) in [7, 11) is 2.92. The van der Waals surface area contributed by atoms with Gasteiger partial charge in [-0.15, -0.1) is 6.42 Å². The number of benzene rings is 1. The second kappa shape index (κ2) is 9.09. The summed E-state index contributed by atoms with van der Waals surface area (Å²) in [4.78, 5) is 21.0. The van der Waals surface area contributed by atoms with Gasteiger partial charge in [0.15, 0.2) is 6.61 Å². The van der Waals surface area contributed by atoms with Gasteiger partial charge in [-0.1, -0.05) is 49.6 Å². The summed E-state index contributed by atoms with van der Waals surface area (Å²) in [5.74, 6) is 2.15. The lowest BCUT2D eigenvalue weighted by atomic mass is 9.78. The van der Waals surface area contributed by atoms with E-state index in [-0.39, 0.29) is 24.4 Å². The van der Waals surface area contributed by atoms with E-state index < -0.39 is 17.5 Å². The van der Waals surface area contributed by atoms with Crippen molar-refractivity contribution in [3.05, 3.63) is 41.5 Å². The molecule has 28 heavy (non-hydrogen) atoms. The molecule has 7 nitrogen and oxygen atoms in total. The average molecular weight is 384 g/mol. The maximum absolute atomic E-state index is 12.8. The number of hydrogen-bond donors (Lipinski definition) is 0. The molecule has 0 spiro atoms. The molecule has 0 saturated heterocycles. The molecule has 0 radical (unpaired) electrons. The molecule has 1 aromatic carbocycles. The van der Waals surface area contributed by atoms with Gasteiger partial charge in [0, 0.05) is 5.41 Å². The van der Waals surface area contributed by atoms with E-state index >= 15 is 0 Å². The van der Waals surface area contributed by atoms with Crippen molar-refractivity contribution in [1.82, 2.24) is 9.97 Å². The van der Waals surface area contributed by atoms with Crippen molar-refractivity contribution in [3.8, 4) is 30.1 Å². The maximum atomic E-state index is 12.8. The van der Waals surface area contributed by atoms with Gasteiger partial charge in [0.25, 0.3) is 0 Å². The summed E-state index contributed by atoms with van der Waals surface area (Å²) >= 11 is 0. The first-order valence-electron chi connectivity index (χ1n) is 8.62. The Kier molecular flexibility index (Phi) is 6.83. The van der Waals surface area contributed by atoms with Gasteiger partial charge < -0.3 is 18.9 Å². The highest BCUT2D eigenvalue weighted by atomic mass is 16.6. The van der Waals surface area contributed by atoms with E-state index in [9.17, 15) is 4.79 Å². The van der Waals surface area contributed by atoms with Gasteiger partial charge in [-0.2, -0.15) is 9.97 Å². The molecule has 0 N–H and O–H groups in total. The second-order valence-corrected chi connectivity index (χ2v) is 6.64. The molecule has 7 heteroatoms. The zero-order valence-corrected chi connectivity index (χ0v) is 16.7. The van der Waals surface area contributed by atoms with Crippen LogP contribution in [-0.4, -0.2) is 42.9 Å². The van der Waals surface area contributed by atoms with Crippen LogP contribution in [0.15, 0.2) is 30.3 Å². The van der Waals surface area contributed by atoms with Crippen molar-refractivity contribution < 1.29 is 23.7 Å². The molecular formula is C21H24N2O5. The average Bonchev–Trinajstić information content (AvgIpc) is 2.69. The van der Waals surface area contributed by atoms with Gasteiger partial charge in [0.2, 0.25) is 17.9 Å². The van der Waals surface area contributed by atoms with Crippen molar-refractivity contribution >= 4 is 5.97 Å². The minimum absolute atomic E-state index is 0.0698. The lowest BCUT2D eigenvalue weighted by molar-refractivity contribution is -0.154. The molecule has 0 aliphatic rings. The van der Waals surface area contributed by atoms with E-state index in [4.69, 9.17) is 25.4 Å². The van der Waals surface area contributed by atoms with E-state index in [1.807, 2.05) is 45.0 Å². The van der Waals surface area contributed by atoms with Gasteiger partial charge in [-0.25, -0.2) is 4.79 Å². The molecule has 1 heterocycles. The first-order valence-corrected chi connectivity index (χ1v) is 8.62. The van der Waals surface area contributed by atoms with Crippen LogP contribution in [0.4, 0.5) is 0 Å². The predicted molar refractivity (Wildman–Crippen MR) is 104 cm³/mol. The van der Waals surface area contributed by atoms with Crippen LogP contribution in [0.5, 0.6) is 17.8 Å². The largest absolute Gasteiger partial charge is 0.481 e. The number of carbonyl (C=O) groups excluding carboxylic acids is 1. The number of terminal acetylenes is 1. The normalized spacial score (nSPS) is 11.9. The maximum Gasteiger partial charge on any atom is 0.349 e. The predicted octanol–water partition coefficient (Wildman–Crippen LogP) is 2.70. The monoisotopic (exact) mass is 384 g/mol. The summed E-state index contributed by atoms with van der Waals surface area (Å²) in [5.41, 5.74) is 1.18. The minimum atomic E-state index is -1.06. The van der Waals surface area contributed by atoms with E-state index in [1.54, 1.807) is 0 Å². The van der Waals surface area contributed by atoms with Crippen molar-refractivity contribution in [1.29, 1.82) is 0 Å². The molecule has 1 aromatic heterocycles. The molecule has 0 amide bonds. The number of aromatic nitrogens is 2. The van der Waals surface area contributed by atoms with Gasteiger partial charge in [-0.3, -0.25) is 0 Å². The summed E-state index contributed by atoms with van der Waals surface area (Å²) in [6.07, 6.45) is 4.16. The Labute approximate surface area is 165 Å². The third-order valence-electron chi connectivity index (χ3n) is 4.23. The van der Waals surface area contributed by atoms with Crippen LogP contribution in [0.3, 0.4) is 0 Å². The van der Waals surface area contributed by atoms with E-state index in [1.165, 1.54) is 20.3 Å². The summed E-state index contributed by atoms with van der Waals surface area (Å²) in [5, 5.41) is 0. The molecule has 1 unspecified atom stereocenters. The van der Waals surface area contributed by atoms with Crippen LogP contribution < -0.4 is 14.2 Å². The van der Waals surface area contributed by atoms with Crippen LogP contribution in [0, 0.1) is 19.3 Å². The summed E-state index contributed by atoms with van der Waals surface area (Å²) < 4.78 is 21.3. The van der Waals surface area contributed by atoms with Gasteiger partial charge in [-0.05, 0) is 12.5 Å². The smallest absolute Gasteiger partial charge is 0.349 e. The summed E-state index contributed by atoms with van der Waals surface area (Å²) in [6.45, 7) is 5.56. The van der Waals surface area contributed by atoms with Gasteiger partial charge in [0.05, 0.1) is 20.3 Å². The molecule has 1 atom stereocenters. The fourth-order valence-corrected chi connectivity index (χ4v) is 2.63. The van der Waals surface area contributed by atoms with E-state index in [0.717, 1.165) is 11.1 Å². The molecule has 0 saturated carbocycles. The first kappa shape index (κ1) is 21.0. The second-order valence-electron chi connectivity index (χ2n) is 6.64. The van der Waals surface area contributed by atoms with Crippen molar-refractivity contribution in [2.75, 3.05) is 20.8 Å². The molecular weight excluding hydrogens is 360 g/mol. The third kappa shape index (κ3) is 4.92. The Balaban J connectivity index is 2.45. The number of rotatable bonds is 8. The molecule has 2 rings (SSSR count). The molecule has 2 aromatic rings. The molecule has 148 valence electrons. The van der Waals surface area contributed by atoms with Crippen molar-refractivity contribution in [2.45, 2.75) is 32.3 Å². The first-order chi connectivity index (χ1) is 13.3. The molecule has 0 fully saturated rings. The topological polar surface area (TPSA) is 79.8 Å². The van der Waals surface area contributed by atoms with E-state index in [2.05, 4.69) is 15.9 Å². The lowest BCUT2D eigenvalue weighted by Crippen LogP contribution is -2.45. The van der Waals surface area contributed by atoms with Crippen molar-refractivity contribution in [2.24, 2.45) is 0 Å². The van der Waals surface area contributed by atoms with E-state index in [0.29, 0.717) is 0 Å². The highest BCUT2D eigenvalue weighted by molar-refractivity contribution is 5.77. The Morgan fingerprint density at radius 3 is 2.36 bits per heavy atom. The Morgan fingerprint density at radius 1 is 1.18 bits per heavy atom. The number of carbonyl (C=O) groups is 1. The molecule has 0 aliphatic carbocycles. The number of ether oxygens (including phenoxy) is 4. The van der Waals surface area contributed by atoms with Gasteiger partial charge in [0.1, 0.15) is 0 Å². The third-order valence-corrected chi connectivity index (χ3v) is 4.23. The fourth-order valence-electron chi connectivity index (χ4n) is 2.63. The van der Waals surface area contributed by atoms with Crippen LogP contribution >= 0.6 is 0 Å². The Bertz CT molecular complexity index is 851. The highest BCUT2D eigenvalue weighted by Crippen LogP contribution is 2.32. The molecule has 0 aliphatic heterocycles. The fraction of sp³-hybridized carbons (Fsp3) is 0.381. The van der Waals surface area contributed by atoms with Crippen LogP contribution in [0.25, 0.3) is 0 Å². The Morgan fingerprint density at radius 2 is 1.82 bits per heavy atom. The lowest BCUT2D eigenvalue weighted by Gasteiger charge is -2.32. The standard InChI is InChI=1S/C21H24N2O5/c1-7-11-27-19(24)18(21(3,4)15-10-8-9-14(2)12-15)28-20-22-16(25-5)13-17(23-20)26-6/h1,8-10,12-13,18H,11H2,2-6H3. The zero-order valence-electron chi connectivity index (χ0n) is 16.7. The number of esters is 1. The van der Waals surface area contributed by atoms with Crippen molar-refractivity contribution in [3.63, 3.8) is 0 Å². The molecule has 0 bridgehead atoms. The number of nitrogens with zero attached hydrogens (tertiary/aromatic N) is 2. The number of aryl methyl sites for hydroxylation is 1. The van der Waals surface area contributed by atoms with Gasteiger partial charge >= 0.3 is 12.0 Å². The zero-order chi connectivity index (χ0) is 20.7. The van der Waals surface area contributed by atoms with Crippen LogP contribution in [-0.2, 0) is 14.9 Å². The highest BCUT2D eigenvalue weighted by Gasteiger charge is 2.41. The SMILES string of the molecule is C#CCOC(=O)C(Oc1nc(OC)cc(OC)n1)C(C)(C)c1cccc(C)c1. The number of methoxy groups -OCH3 is 2.